The van der Waals surface area contributed by atoms with Crippen molar-refractivity contribution in [3.8, 4) is 5.75 Å². The summed E-state index contributed by atoms with van der Waals surface area (Å²) in [6.07, 6.45) is 0. The van der Waals surface area contributed by atoms with Gasteiger partial charge in [-0.3, -0.25) is 4.79 Å². The summed E-state index contributed by atoms with van der Waals surface area (Å²) < 4.78 is 10.5. The number of rotatable bonds is 6. The second-order valence-corrected chi connectivity index (χ2v) is 4.17. The van der Waals surface area contributed by atoms with Crippen LogP contribution in [0.15, 0.2) is 12.1 Å². The van der Waals surface area contributed by atoms with Gasteiger partial charge < -0.3 is 14.8 Å². The molecule has 0 bridgehead atoms. The molecule has 1 aromatic carbocycles. The van der Waals surface area contributed by atoms with Crippen molar-refractivity contribution >= 4 is 34.8 Å². The highest BCUT2D eigenvalue weighted by atomic mass is 35.5. The lowest BCUT2D eigenvalue weighted by Gasteiger charge is -2.14. The summed E-state index contributed by atoms with van der Waals surface area (Å²) in [7, 11) is 1.58. The molecule has 0 aliphatic carbocycles. The molecule has 0 heterocycles. The molecule has 0 unspecified atom stereocenters. The van der Waals surface area contributed by atoms with Crippen molar-refractivity contribution in [2.24, 2.45) is 0 Å². The first-order valence-electron chi connectivity index (χ1n) is 5.42. The summed E-state index contributed by atoms with van der Waals surface area (Å²) in [5.74, 6) is 0.176. The average molecular weight is 292 g/mol. The van der Waals surface area contributed by atoms with Gasteiger partial charge in [0.05, 0.1) is 18.2 Å². The maximum atomic E-state index is 11.2. The third-order valence-electron chi connectivity index (χ3n) is 2.11. The Hall–Kier alpha value is -0.970. The topological polar surface area (TPSA) is 47.6 Å². The Morgan fingerprint density at radius 1 is 1.44 bits per heavy atom. The van der Waals surface area contributed by atoms with Crippen molar-refractivity contribution in [1.82, 2.24) is 0 Å². The van der Waals surface area contributed by atoms with Gasteiger partial charge in [-0.05, 0) is 19.1 Å². The van der Waals surface area contributed by atoms with Gasteiger partial charge >= 0.3 is 0 Å². The minimum Gasteiger partial charge on any atom is -0.492 e. The highest BCUT2D eigenvalue weighted by molar-refractivity contribution is 6.32. The summed E-state index contributed by atoms with van der Waals surface area (Å²) in [6, 6.07) is 3.38. The van der Waals surface area contributed by atoms with Crippen LogP contribution < -0.4 is 10.1 Å². The highest BCUT2D eigenvalue weighted by Gasteiger charge is 2.12. The van der Waals surface area contributed by atoms with Crippen molar-refractivity contribution < 1.29 is 14.3 Å². The fraction of sp³-hybridized carbons (Fsp3) is 0.417. The Morgan fingerprint density at radius 2 is 2.17 bits per heavy atom. The minimum absolute atomic E-state index is 0.107. The van der Waals surface area contributed by atoms with Crippen LogP contribution in [0.4, 0.5) is 5.69 Å². The lowest BCUT2D eigenvalue weighted by molar-refractivity contribution is -0.113. The van der Waals surface area contributed by atoms with Crippen LogP contribution in [0.3, 0.4) is 0 Å². The first kappa shape index (κ1) is 15.1. The third-order valence-corrected chi connectivity index (χ3v) is 2.64. The van der Waals surface area contributed by atoms with Crippen LogP contribution in [0.5, 0.6) is 5.75 Å². The summed E-state index contributed by atoms with van der Waals surface area (Å²) in [5.41, 5.74) is 1.35. The molecule has 0 aliphatic heterocycles. The van der Waals surface area contributed by atoms with Crippen molar-refractivity contribution in [1.29, 1.82) is 0 Å². The van der Waals surface area contributed by atoms with Crippen LogP contribution in [-0.4, -0.2) is 25.5 Å². The van der Waals surface area contributed by atoms with Gasteiger partial charge in [0.25, 0.3) is 0 Å². The second kappa shape index (κ2) is 7.46. The van der Waals surface area contributed by atoms with Crippen molar-refractivity contribution in [2.75, 3.05) is 24.9 Å². The fourth-order valence-electron chi connectivity index (χ4n) is 1.49. The number of anilines is 1. The quantitative estimate of drug-likeness (QED) is 0.820. The van der Waals surface area contributed by atoms with Crippen LogP contribution in [0, 0.1) is 0 Å². The molecule has 0 aromatic heterocycles. The van der Waals surface area contributed by atoms with Gasteiger partial charge in [-0.15, -0.1) is 11.6 Å². The molecule has 0 radical (unpaired) electrons. The van der Waals surface area contributed by atoms with E-state index in [1.54, 1.807) is 19.2 Å². The second-order valence-electron chi connectivity index (χ2n) is 3.49. The Balaban J connectivity index is 3.05. The number of nitrogens with one attached hydrogen (secondary N) is 1. The Bertz CT molecular complexity index is 424. The predicted molar refractivity (Wildman–Crippen MR) is 72.7 cm³/mol. The number of amides is 1. The Morgan fingerprint density at radius 3 is 2.72 bits per heavy atom. The number of methoxy groups -OCH3 is 1. The number of ether oxygens (including phenoxy) is 2. The van der Waals surface area contributed by atoms with Crippen LogP contribution >= 0.6 is 23.2 Å². The SMILES string of the molecule is CCOc1c(Cl)cc(NC(=O)CCl)cc1COC. The first-order valence-corrected chi connectivity index (χ1v) is 6.33. The number of hydrogen-bond acceptors (Lipinski definition) is 3. The van der Waals surface area contributed by atoms with Gasteiger partial charge in [0, 0.05) is 18.4 Å². The molecule has 100 valence electrons. The molecule has 0 aliphatic rings. The molecule has 0 spiro atoms. The predicted octanol–water partition coefficient (Wildman–Crippen LogP) is 3.06. The van der Waals surface area contributed by atoms with Gasteiger partial charge in [0.15, 0.2) is 0 Å². The molecule has 18 heavy (non-hydrogen) atoms. The Labute approximate surface area is 116 Å². The summed E-state index contributed by atoms with van der Waals surface area (Å²) >= 11 is 11.5. The molecule has 0 fully saturated rings. The molecule has 1 N–H and O–H groups in total. The fourth-order valence-corrected chi connectivity index (χ4v) is 1.85. The molecule has 6 heteroatoms. The molecule has 0 saturated carbocycles. The molecule has 1 aromatic rings. The molecule has 0 atom stereocenters. The summed E-state index contributed by atoms with van der Waals surface area (Å²) in [5, 5.41) is 3.06. The Kier molecular flexibility index (Phi) is 6.25. The van der Waals surface area contributed by atoms with E-state index < -0.39 is 0 Å². The van der Waals surface area contributed by atoms with E-state index in [0.29, 0.717) is 29.7 Å². The molecule has 4 nitrogen and oxygen atoms in total. The smallest absolute Gasteiger partial charge is 0.239 e. The molecule has 1 amide bonds. The van der Waals surface area contributed by atoms with Crippen molar-refractivity contribution in [2.45, 2.75) is 13.5 Å². The maximum Gasteiger partial charge on any atom is 0.239 e. The lowest BCUT2D eigenvalue weighted by atomic mass is 10.2. The molecule has 1 rings (SSSR count). The number of carbonyl (C=O) groups excluding carboxylic acids is 1. The zero-order chi connectivity index (χ0) is 13.5. The zero-order valence-corrected chi connectivity index (χ0v) is 11.8. The minimum atomic E-state index is -0.291. The van der Waals surface area contributed by atoms with E-state index in [2.05, 4.69) is 5.32 Å². The van der Waals surface area contributed by atoms with Gasteiger partial charge in [-0.2, -0.15) is 0 Å². The monoisotopic (exact) mass is 291 g/mol. The largest absolute Gasteiger partial charge is 0.492 e. The van der Waals surface area contributed by atoms with Crippen LogP contribution in [0.1, 0.15) is 12.5 Å². The lowest BCUT2D eigenvalue weighted by Crippen LogP contribution is -2.13. The first-order chi connectivity index (χ1) is 8.62. The van der Waals surface area contributed by atoms with E-state index in [4.69, 9.17) is 32.7 Å². The van der Waals surface area contributed by atoms with E-state index in [1.165, 1.54) is 0 Å². The third kappa shape index (κ3) is 4.05. The van der Waals surface area contributed by atoms with Crippen LogP contribution in [0.2, 0.25) is 5.02 Å². The van der Waals surface area contributed by atoms with Gasteiger partial charge in [0.1, 0.15) is 11.6 Å². The van der Waals surface area contributed by atoms with Gasteiger partial charge in [0.2, 0.25) is 5.91 Å². The molecular formula is C12H15Cl2NO3. The van der Waals surface area contributed by atoms with Crippen LogP contribution in [-0.2, 0) is 16.1 Å². The highest BCUT2D eigenvalue weighted by Crippen LogP contribution is 2.33. The van der Waals surface area contributed by atoms with E-state index in [-0.39, 0.29) is 11.8 Å². The maximum absolute atomic E-state index is 11.2. The summed E-state index contributed by atoms with van der Waals surface area (Å²) in [4.78, 5) is 11.2. The normalized spacial score (nSPS) is 10.2. The zero-order valence-electron chi connectivity index (χ0n) is 10.3. The van der Waals surface area contributed by atoms with E-state index >= 15 is 0 Å². The number of alkyl halides is 1. The summed E-state index contributed by atoms with van der Waals surface area (Å²) in [6.45, 7) is 2.72. The van der Waals surface area contributed by atoms with Crippen molar-refractivity contribution in [3.05, 3.63) is 22.7 Å². The van der Waals surface area contributed by atoms with E-state index in [1.807, 2.05) is 6.92 Å². The number of hydrogen-bond donors (Lipinski definition) is 1. The van der Waals surface area contributed by atoms with Crippen molar-refractivity contribution in [3.63, 3.8) is 0 Å². The number of carbonyl (C=O) groups is 1. The number of halogens is 2. The van der Waals surface area contributed by atoms with Gasteiger partial charge in [-0.1, -0.05) is 11.6 Å². The molecule has 0 saturated heterocycles. The standard InChI is InChI=1S/C12H15Cl2NO3/c1-3-18-12-8(7-17-2)4-9(5-10(12)14)15-11(16)6-13/h4-5H,3,6-7H2,1-2H3,(H,15,16). The van der Waals surface area contributed by atoms with Gasteiger partial charge in [-0.25, -0.2) is 0 Å². The molecular weight excluding hydrogens is 277 g/mol. The average Bonchev–Trinajstić information content (AvgIpc) is 2.34. The van der Waals surface area contributed by atoms with Crippen LogP contribution in [0.25, 0.3) is 0 Å². The number of benzene rings is 1. The van der Waals surface area contributed by atoms with E-state index in [9.17, 15) is 4.79 Å². The van der Waals surface area contributed by atoms with E-state index in [0.717, 1.165) is 5.56 Å².